The fraction of sp³-hybridized carbons (Fsp3) is 0.647. The van der Waals surface area contributed by atoms with E-state index in [2.05, 4.69) is 15.9 Å². The smallest absolute Gasteiger partial charge is 0.0828 e. The molecule has 128 valence electrons. The number of ether oxygens (including phenoxy) is 2. The van der Waals surface area contributed by atoms with Crippen molar-refractivity contribution in [2.24, 2.45) is 0 Å². The first-order chi connectivity index (χ1) is 11.2. The van der Waals surface area contributed by atoms with Crippen molar-refractivity contribution in [1.29, 1.82) is 0 Å². The molecular formula is C17H24Cl2N2O2. The van der Waals surface area contributed by atoms with Gasteiger partial charge in [0.1, 0.15) is 0 Å². The molecule has 6 heteroatoms. The Morgan fingerprint density at radius 2 is 1.83 bits per heavy atom. The van der Waals surface area contributed by atoms with E-state index in [9.17, 15) is 0 Å². The van der Waals surface area contributed by atoms with E-state index in [1.807, 2.05) is 12.1 Å². The van der Waals surface area contributed by atoms with Gasteiger partial charge in [-0.15, -0.1) is 0 Å². The van der Waals surface area contributed by atoms with Gasteiger partial charge in [-0.1, -0.05) is 29.3 Å². The van der Waals surface area contributed by atoms with E-state index in [-0.39, 0.29) is 6.10 Å². The lowest BCUT2D eigenvalue weighted by Crippen LogP contribution is -2.44. The third-order valence-corrected chi connectivity index (χ3v) is 5.13. The average molecular weight is 359 g/mol. The minimum atomic E-state index is 0.262. The second-order valence-corrected chi connectivity index (χ2v) is 7.06. The Balaban J connectivity index is 1.56. The molecule has 1 aromatic rings. The highest BCUT2D eigenvalue weighted by molar-refractivity contribution is 6.42. The molecule has 4 nitrogen and oxygen atoms in total. The molecule has 0 saturated carbocycles. The zero-order chi connectivity index (χ0) is 16.1. The van der Waals surface area contributed by atoms with Gasteiger partial charge in [0.2, 0.25) is 0 Å². The number of halogens is 2. The summed E-state index contributed by atoms with van der Waals surface area (Å²) in [6.07, 6.45) is 1.33. The molecule has 1 unspecified atom stereocenters. The van der Waals surface area contributed by atoms with Crippen LogP contribution in [0.15, 0.2) is 18.2 Å². The van der Waals surface area contributed by atoms with Crippen LogP contribution in [0.4, 0.5) is 0 Å². The SMILES string of the molecule is Clc1ccc(CN2CCCOC(CN3CCOCC3)C2)cc1Cl. The van der Waals surface area contributed by atoms with E-state index in [4.69, 9.17) is 32.7 Å². The van der Waals surface area contributed by atoms with Gasteiger partial charge in [-0.25, -0.2) is 0 Å². The summed E-state index contributed by atoms with van der Waals surface area (Å²) in [5, 5.41) is 1.24. The lowest BCUT2D eigenvalue weighted by molar-refractivity contribution is -0.0122. The predicted octanol–water partition coefficient (Wildman–Crippen LogP) is 2.92. The maximum Gasteiger partial charge on any atom is 0.0828 e. The zero-order valence-electron chi connectivity index (χ0n) is 13.3. The molecule has 0 spiro atoms. The van der Waals surface area contributed by atoms with Gasteiger partial charge in [-0.3, -0.25) is 9.80 Å². The summed E-state index contributed by atoms with van der Waals surface area (Å²) in [5.74, 6) is 0. The minimum absolute atomic E-state index is 0.262. The van der Waals surface area contributed by atoms with Gasteiger partial charge in [0.05, 0.1) is 29.4 Å². The first-order valence-electron chi connectivity index (χ1n) is 8.29. The van der Waals surface area contributed by atoms with Crippen LogP contribution < -0.4 is 0 Å². The molecular weight excluding hydrogens is 335 g/mol. The Morgan fingerprint density at radius 3 is 2.61 bits per heavy atom. The largest absolute Gasteiger partial charge is 0.379 e. The van der Waals surface area contributed by atoms with E-state index in [1.54, 1.807) is 0 Å². The highest BCUT2D eigenvalue weighted by Crippen LogP contribution is 2.23. The first-order valence-corrected chi connectivity index (χ1v) is 9.04. The lowest BCUT2D eigenvalue weighted by Gasteiger charge is -2.31. The normalized spacial score (nSPS) is 24.5. The lowest BCUT2D eigenvalue weighted by atomic mass is 10.2. The van der Waals surface area contributed by atoms with Crippen LogP contribution in [-0.2, 0) is 16.0 Å². The second kappa shape index (κ2) is 8.65. The molecule has 0 aliphatic carbocycles. The maximum atomic E-state index is 6.13. The quantitative estimate of drug-likeness (QED) is 0.825. The van der Waals surface area contributed by atoms with Crippen LogP contribution in [0.1, 0.15) is 12.0 Å². The Bertz CT molecular complexity index is 509. The van der Waals surface area contributed by atoms with Crippen molar-refractivity contribution in [1.82, 2.24) is 9.80 Å². The van der Waals surface area contributed by atoms with Crippen molar-refractivity contribution in [3.8, 4) is 0 Å². The molecule has 1 aromatic carbocycles. The van der Waals surface area contributed by atoms with Crippen molar-refractivity contribution in [2.75, 3.05) is 52.5 Å². The van der Waals surface area contributed by atoms with Gasteiger partial charge in [0, 0.05) is 45.9 Å². The maximum absolute atomic E-state index is 6.13. The molecule has 2 aliphatic rings. The highest BCUT2D eigenvalue weighted by atomic mass is 35.5. The Morgan fingerprint density at radius 1 is 1.00 bits per heavy atom. The zero-order valence-corrected chi connectivity index (χ0v) is 14.9. The van der Waals surface area contributed by atoms with Gasteiger partial charge in [-0.05, 0) is 24.1 Å². The van der Waals surface area contributed by atoms with Crippen LogP contribution in [0.3, 0.4) is 0 Å². The fourth-order valence-corrected chi connectivity index (χ4v) is 3.51. The number of rotatable bonds is 4. The van der Waals surface area contributed by atoms with E-state index in [0.717, 1.165) is 65.5 Å². The molecule has 23 heavy (non-hydrogen) atoms. The summed E-state index contributed by atoms with van der Waals surface area (Å²) in [7, 11) is 0. The minimum Gasteiger partial charge on any atom is -0.379 e. The van der Waals surface area contributed by atoms with Crippen LogP contribution in [0.25, 0.3) is 0 Å². The number of hydrogen-bond donors (Lipinski definition) is 0. The predicted molar refractivity (Wildman–Crippen MR) is 93.4 cm³/mol. The number of hydrogen-bond acceptors (Lipinski definition) is 4. The second-order valence-electron chi connectivity index (χ2n) is 6.24. The third-order valence-electron chi connectivity index (χ3n) is 4.39. The molecule has 2 fully saturated rings. The molecule has 0 bridgehead atoms. The molecule has 0 N–H and O–H groups in total. The van der Waals surface area contributed by atoms with Crippen LogP contribution in [-0.4, -0.2) is 68.4 Å². The van der Waals surface area contributed by atoms with Crippen molar-refractivity contribution in [2.45, 2.75) is 19.1 Å². The fourth-order valence-electron chi connectivity index (χ4n) is 3.19. The molecule has 1 atom stereocenters. The van der Waals surface area contributed by atoms with E-state index < -0.39 is 0 Å². The van der Waals surface area contributed by atoms with E-state index >= 15 is 0 Å². The molecule has 2 aliphatic heterocycles. The standard InChI is InChI=1S/C17H24Cl2N2O2/c18-16-3-2-14(10-17(16)19)11-21-4-1-7-23-15(13-21)12-20-5-8-22-9-6-20/h2-3,10,15H,1,4-9,11-13H2. The first kappa shape index (κ1) is 17.5. The van der Waals surface area contributed by atoms with Gasteiger partial charge in [0.25, 0.3) is 0 Å². The number of morpholine rings is 1. The van der Waals surface area contributed by atoms with Crippen LogP contribution in [0.5, 0.6) is 0 Å². The monoisotopic (exact) mass is 358 g/mol. The van der Waals surface area contributed by atoms with Crippen LogP contribution >= 0.6 is 23.2 Å². The van der Waals surface area contributed by atoms with Gasteiger partial charge in [-0.2, -0.15) is 0 Å². The molecule has 0 radical (unpaired) electrons. The highest BCUT2D eigenvalue weighted by Gasteiger charge is 2.22. The van der Waals surface area contributed by atoms with Crippen molar-refractivity contribution in [3.05, 3.63) is 33.8 Å². The van der Waals surface area contributed by atoms with Gasteiger partial charge in [0.15, 0.2) is 0 Å². The summed E-state index contributed by atoms with van der Waals surface area (Å²) in [6, 6.07) is 5.89. The summed E-state index contributed by atoms with van der Waals surface area (Å²) < 4.78 is 11.5. The van der Waals surface area contributed by atoms with E-state index in [0.29, 0.717) is 10.0 Å². The summed E-state index contributed by atoms with van der Waals surface area (Å²) in [6.45, 7) is 8.41. The average Bonchev–Trinajstić information content (AvgIpc) is 2.77. The summed E-state index contributed by atoms with van der Waals surface area (Å²) in [4.78, 5) is 4.90. The topological polar surface area (TPSA) is 24.9 Å². The van der Waals surface area contributed by atoms with Crippen molar-refractivity contribution in [3.63, 3.8) is 0 Å². The Labute approximate surface area is 148 Å². The molecule has 2 heterocycles. The van der Waals surface area contributed by atoms with Crippen molar-refractivity contribution >= 4 is 23.2 Å². The Hall–Kier alpha value is -0.360. The Kier molecular flexibility index (Phi) is 6.57. The molecule has 2 saturated heterocycles. The molecule has 3 rings (SSSR count). The molecule has 0 amide bonds. The number of benzene rings is 1. The van der Waals surface area contributed by atoms with Gasteiger partial charge < -0.3 is 9.47 Å². The summed E-state index contributed by atoms with van der Waals surface area (Å²) in [5.41, 5.74) is 1.20. The van der Waals surface area contributed by atoms with Crippen molar-refractivity contribution < 1.29 is 9.47 Å². The van der Waals surface area contributed by atoms with Crippen LogP contribution in [0.2, 0.25) is 10.0 Å². The van der Waals surface area contributed by atoms with Crippen LogP contribution in [0, 0.1) is 0 Å². The third kappa shape index (κ3) is 5.31. The number of nitrogens with zero attached hydrogens (tertiary/aromatic N) is 2. The van der Waals surface area contributed by atoms with E-state index in [1.165, 1.54) is 5.56 Å². The molecule has 0 aromatic heterocycles. The van der Waals surface area contributed by atoms with Gasteiger partial charge >= 0.3 is 0 Å². The summed E-state index contributed by atoms with van der Waals surface area (Å²) >= 11 is 12.1.